The predicted molar refractivity (Wildman–Crippen MR) is 71.2 cm³/mol. The number of rotatable bonds is 3. The summed E-state index contributed by atoms with van der Waals surface area (Å²) in [6, 6.07) is 8.20. The minimum Gasteiger partial charge on any atom is -0.391 e. The van der Waals surface area contributed by atoms with Gasteiger partial charge in [0, 0.05) is 17.6 Å². The van der Waals surface area contributed by atoms with E-state index in [1.165, 1.54) is 6.42 Å². The van der Waals surface area contributed by atoms with Gasteiger partial charge in [0.25, 0.3) is 0 Å². The van der Waals surface area contributed by atoms with Gasteiger partial charge in [-0.1, -0.05) is 42.6 Å². The summed E-state index contributed by atoms with van der Waals surface area (Å²) in [5.74, 6) is 0. The van der Waals surface area contributed by atoms with E-state index in [1.54, 1.807) is 0 Å². The Labute approximate surface area is 108 Å². The van der Waals surface area contributed by atoms with Crippen LogP contribution >= 0.6 is 11.6 Å². The number of hydrogen-bond acceptors (Lipinski definition) is 2. The topological polar surface area (TPSA) is 23.5 Å². The molecular formula is C14H20ClNO. The monoisotopic (exact) mass is 253 g/mol. The number of nitrogens with zero attached hydrogens (tertiary/aromatic N) is 1. The zero-order chi connectivity index (χ0) is 12.3. The van der Waals surface area contributed by atoms with Crippen LogP contribution in [0, 0.1) is 0 Å². The van der Waals surface area contributed by atoms with E-state index in [0.29, 0.717) is 0 Å². The maximum absolute atomic E-state index is 10.0. The zero-order valence-corrected chi connectivity index (χ0v) is 11.0. The van der Waals surface area contributed by atoms with Crippen molar-refractivity contribution in [2.24, 2.45) is 0 Å². The fourth-order valence-electron chi connectivity index (χ4n) is 2.62. The molecule has 1 aromatic carbocycles. The van der Waals surface area contributed by atoms with Gasteiger partial charge >= 0.3 is 0 Å². The maximum atomic E-state index is 10.0. The summed E-state index contributed by atoms with van der Waals surface area (Å²) < 4.78 is 0. The van der Waals surface area contributed by atoms with Crippen LogP contribution in [0.3, 0.4) is 0 Å². The molecule has 0 saturated heterocycles. The van der Waals surface area contributed by atoms with Gasteiger partial charge in [0.15, 0.2) is 0 Å². The van der Waals surface area contributed by atoms with Gasteiger partial charge in [-0.25, -0.2) is 0 Å². The van der Waals surface area contributed by atoms with Crippen LogP contribution in [0.1, 0.15) is 31.2 Å². The highest BCUT2D eigenvalue weighted by Crippen LogP contribution is 2.25. The predicted octanol–water partition coefficient (Wildman–Crippen LogP) is 3.08. The van der Waals surface area contributed by atoms with Crippen LogP contribution in [0.2, 0.25) is 5.02 Å². The van der Waals surface area contributed by atoms with Crippen molar-refractivity contribution in [3.05, 3.63) is 34.9 Å². The van der Waals surface area contributed by atoms with Crippen LogP contribution in [0.4, 0.5) is 0 Å². The van der Waals surface area contributed by atoms with Gasteiger partial charge in [-0.2, -0.15) is 0 Å². The SMILES string of the molecule is CN(Cc1ccccc1Cl)[C@@H]1CCCC[C@H]1O. The Morgan fingerprint density at radius 3 is 2.71 bits per heavy atom. The zero-order valence-electron chi connectivity index (χ0n) is 10.3. The lowest BCUT2D eigenvalue weighted by molar-refractivity contribution is 0.0288. The highest BCUT2D eigenvalue weighted by atomic mass is 35.5. The normalized spacial score (nSPS) is 25.2. The van der Waals surface area contributed by atoms with Crippen molar-refractivity contribution in [2.75, 3.05) is 7.05 Å². The lowest BCUT2D eigenvalue weighted by Crippen LogP contribution is -2.42. The number of aliphatic hydroxyl groups excluding tert-OH is 1. The van der Waals surface area contributed by atoms with Gasteiger partial charge in [0.1, 0.15) is 0 Å². The van der Waals surface area contributed by atoms with Gasteiger partial charge in [-0.3, -0.25) is 4.90 Å². The molecule has 0 amide bonds. The Morgan fingerprint density at radius 2 is 2.00 bits per heavy atom. The molecule has 0 radical (unpaired) electrons. The van der Waals surface area contributed by atoms with Gasteiger partial charge in [-0.05, 0) is 31.5 Å². The molecule has 1 saturated carbocycles. The molecule has 1 aliphatic carbocycles. The van der Waals surface area contributed by atoms with Crippen LogP contribution in [0.5, 0.6) is 0 Å². The quantitative estimate of drug-likeness (QED) is 0.895. The van der Waals surface area contributed by atoms with E-state index in [9.17, 15) is 5.11 Å². The first-order valence-electron chi connectivity index (χ1n) is 6.30. The second-order valence-corrected chi connectivity index (χ2v) is 5.33. The van der Waals surface area contributed by atoms with Gasteiger partial charge in [0.2, 0.25) is 0 Å². The van der Waals surface area contributed by atoms with Crippen molar-refractivity contribution in [1.82, 2.24) is 4.90 Å². The van der Waals surface area contributed by atoms with Crippen molar-refractivity contribution in [1.29, 1.82) is 0 Å². The lowest BCUT2D eigenvalue weighted by atomic mass is 9.91. The average molecular weight is 254 g/mol. The summed E-state index contributed by atoms with van der Waals surface area (Å²) in [7, 11) is 2.07. The standard InChI is InChI=1S/C14H20ClNO/c1-16(13-8-4-5-9-14(13)17)10-11-6-2-3-7-12(11)15/h2-3,6-7,13-14,17H,4-5,8-10H2,1H3/t13-,14-/m1/s1. The third-order valence-corrected chi connectivity index (χ3v) is 4.01. The summed E-state index contributed by atoms with van der Waals surface area (Å²) >= 11 is 6.15. The third-order valence-electron chi connectivity index (χ3n) is 3.64. The van der Waals surface area contributed by atoms with Crippen molar-refractivity contribution in [3.63, 3.8) is 0 Å². The molecule has 17 heavy (non-hydrogen) atoms. The van der Waals surface area contributed by atoms with E-state index < -0.39 is 0 Å². The molecule has 0 aromatic heterocycles. The van der Waals surface area contributed by atoms with E-state index in [1.807, 2.05) is 24.3 Å². The van der Waals surface area contributed by atoms with E-state index >= 15 is 0 Å². The molecule has 1 fully saturated rings. The molecule has 0 spiro atoms. The number of benzene rings is 1. The Hall–Kier alpha value is -0.570. The molecular weight excluding hydrogens is 234 g/mol. The van der Waals surface area contributed by atoms with Gasteiger partial charge < -0.3 is 5.11 Å². The molecule has 3 heteroatoms. The molecule has 2 rings (SSSR count). The smallest absolute Gasteiger partial charge is 0.0695 e. The van der Waals surface area contributed by atoms with Crippen LogP contribution < -0.4 is 0 Å². The molecule has 0 heterocycles. The number of hydrogen-bond donors (Lipinski definition) is 1. The molecule has 2 atom stereocenters. The summed E-state index contributed by atoms with van der Waals surface area (Å²) in [4.78, 5) is 2.23. The molecule has 0 aliphatic heterocycles. The van der Waals surface area contributed by atoms with E-state index in [-0.39, 0.29) is 12.1 Å². The molecule has 94 valence electrons. The minimum atomic E-state index is -0.184. The van der Waals surface area contributed by atoms with Gasteiger partial charge in [-0.15, -0.1) is 0 Å². The summed E-state index contributed by atoms with van der Waals surface area (Å²) in [6.45, 7) is 0.807. The second-order valence-electron chi connectivity index (χ2n) is 4.93. The first-order valence-corrected chi connectivity index (χ1v) is 6.68. The molecule has 1 aromatic rings. The Balaban J connectivity index is 2.01. The number of aliphatic hydroxyl groups is 1. The van der Waals surface area contributed by atoms with E-state index in [4.69, 9.17) is 11.6 Å². The van der Waals surface area contributed by atoms with E-state index in [2.05, 4.69) is 11.9 Å². The first kappa shape index (κ1) is 12.9. The molecule has 1 aliphatic rings. The molecule has 1 N–H and O–H groups in total. The Kier molecular flexibility index (Phi) is 4.43. The van der Waals surface area contributed by atoms with Crippen LogP contribution in [0.25, 0.3) is 0 Å². The highest BCUT2D eigenvalue weighted by molar-refractivity contribution is 6.31. The fourth-order valence-corrected chi connectivity index (χ4v) is 2.81. The van der Waals surface area contributed by atoms with Gasteiger partial charge in [0.05, 0.1) is 6.10 Å². The Bertz CT molecular complexity index is 369. The van der Waals surface area contributed by atoms with Crippen molar-refractivity contribution < 1.29 is 5.11 Å². The second kappa shape index (κ2) is 5.85. The first-order chi connectivity index (χ1) is 8.18. The summed E-state index contributed by atoms with van der Waals surface area (Å²) in [5, 5.41) is 10.8. The van der Waals surface area contributed by atoms with Crippen LogP contribution in [-0.4, -0.2) is 29.2 Å². The summed E-state index contributed by atoms with van der Waals surface area (Å²) in [6.07, 6.45) is 4.20. The molecule has 0 bridgehead atoms. The minimum absolute atomic E-state index is 0.184. The number of likely N-dealkylation sites (N-methyl/N-ethyl adjacent to an activating group) is 1. The molecule has 2 nitrogen and oxygen atoms in total. The highest BCUT2D eigenvalue weighted by Gasteiger charge is 2.26. The van der Waals surface area contributed by atoms with Crippen LogP contribution in [-0.2, 0) is 6.54 Å². The third kappa shape index (κ3) is 3.21. The van der Waals surface area contributed by atoms with Crippen LogP contribution in [0.15, 0.2) is 24.3 Å². The maximum Gasteiger partial charge on any atom is 0.0695 e. The fraction of sp³-hybridized carbons (Fsp3) is 0.571. The van der Waals surface area contributed by atoms with E-state index in [0.717, 1.165) is 36.4 Å². The lowest BCUT2D eigenvalue weighted by Gasteiger charge is -2.35. The van der Waals surface area contributed by atoms with Crippen molar-refractivity contribution in [3.8, 4) is 0 Å². The van der Waals surface area contributed by atoms with Crippen molar-refractivity contribution in [2.45, 2.75) is 44.4 Å². The molecule has 0 unspecified atom stereocenters. The summed E-state index contributed by atoms with van der Waals surface area (Å²) in [5.41, 5.74) is 1.13. The average Bonchev–Trinajstić information content (AvgIpc) is 2.32. The largest absolute Gasteiger partial charge is 0.391 e. The number of halogens is 1. The Morgan fingerprint density at radius 1 is 1.29 bits per heavy atom. The van der Waals surface area contributed by atoms with Crippen molar-refractivity contribution >= 4 is 11.6 Å².